The number of likely N-dealkylation sites (N-methyl/N-ethyl adjacent to an activating group) is 1. The number of aromatic nitrogens is 2. The van der Waals surface area contributed by atoms with Crippen LogP contribution in [0.3, 0.4) is 0 Å². The maximum absolute atomic E-state index is 12.4. The molecule has 2 N–H and O–H groups in total. The fourth-order valence-electron chi connectivity index (χ4n) is 3.65. The molecule has 0 saturated carbocycles. The highest BCUT2D eigenvalue weighted by Gasteiger charge is 2.25. The van der Waals surface area contributed by atoms with Crippen molar-refractivity contribution in [3.63, 3.8) is 0 Å². The first-order valence-corrected chi connectivity index (χ1v) is 10.1. The Balaban J connectivity index is 1.42. The minimum atomic E-state index is 0.0965. The zero-order valence-electron chi connectivity index (χ0n) is 17.1. The summed E-state index contributed by atoms with van der Waals surface area (Å²) in [5, 5.41) is 8.20. The van der Waals surface area contributed by atoms with Crippen LogP contribution in [-0.2, 0) is 17.6 Å². The number of rotatable bonds is 9. The lowest BCUT2D eigenvalue weighted by molar-refractivity contribution is -0.130. The summed E-state index contributed by atoms with van der Waals surface area (Å²) >= 11 is 0. The molecule has 2 aromatic rings. The topological polar surface area (TPSA) is 83.3 Å². The highest BCUT2D eigenvalue weighted by atomic mass is 16.4. The molecule has 7 heteroatoms. The van der Waals surface area contributed by atoms with Gasteiger partial charge in [-0.05, 0) is 25.3 Å². The first-order valence-electron chi connectivity index (χ1n) is 10.1. The number of aryl methyl sites for hydroxylation is 2. The summed E-state index contributed by atoms with van der Waals surface area (Å²) in [4.78, 5) is 14.2. The second-order valence-corrected chi connectivity index (χ2v) is 7.74. The predicted octanol–water partition coefficient (Wildman–Crippen LogP) is 2.40. The molecule has 7 nitrogen and oxygen atoms in total. The van der Waals surface area contributed by atoms with Gasteiger partial charge in [0.05, 0.1) is 6.42 Å². The fourth-order valence-corrected chi connectivity index (χ4v) is 3.65. The number of amides is 1. The number of nitrogens with zero attached hydrogens (tertiary/aromatic N) is 3. The average molecular weight is 386 g/mol. The molecule has 1 saturated heterocycles. The number of carbonyl (C=O) groups is 1. The lowest BCUT2D eigenvalue weighted by Crippen LogP contribution is -2.41. The summed E-state index contributed by atoms with van der Waals surface area (Å²) in [6, 6.07) is 9.05. The van der Waals surface area contributed by atoms with E-state index in [0.29, 0.717) is 49.7 Å². The molecule has 152 valence electrons. The minimum Gasteiger partial charge on any atom is -0.425 e. The molecular formula is C21H31N5O2. The lowest BCUT2D eigenvalue weighted by atomic mass is 10.1. The standard InChI is InChI=1S/C21H31N5O2/c1-4-6-17-13-18(23-22-17)14-26(3)21(27)10-9-19-24-25-20(28-19)12-16-8-5-7-15(2)11-16/h5,7-8,11,17-18,22-23H,4,6,9-10,12-14H2,1-3H3. The quantitative estimate of drug-likeness (QED) is 0.690. The molecule has 1 aliphatic rings. The normalized spacial score (nSPS) is 19.1. The van der Waals surface area contributed by atoms with E-state index in [1.54, 1.807) is 4.90 Å². The third-order valence-corrected chi connectivity index (χ3v) is 5.12. The van der Waals surface area contributed by atoms with Crippen molar-refractivity contribution in [3.05, 3.63) is 47.2 Å². The van der Waals surface area contributed by atoms with E-state index in [2.05, 4.69) is 47.0 Å². The molecule has 28 heavy (non-hydrogen) atoms. The van der Waals surface area contributed by atoms with Gasteiger partial charge in [-0.1, -0.05) is 43.2 Å². The highest BCUT2D eigenvalue weighted by molar-refractivity contribution is 5.76. The number of hydrogen-bond donors (Lipinski definition) is 2. The number of nitrogens with one attached hydrogen (secondary N) is 2. The summed E-state index contributed by atoms with van der Waals surface area (Å²) in [7, 11) is 1.86. The first-order chi connectivity index (χ1) is 13.5. The van der Waals surface area contributed by atoms with Crippen molar-refractivity contribution in [2.45, 2.75) is 64.5 Å². The third kappa shape index (κ3) is 5.87. The van der Waals surface area contributed by atoms with Crippen LogP contribution < -0.4 is 10.9 Å². The van der Waals surface area contributed by atoms with Crippen LogP contribution in [0.25, 0.3) is 0 Å². The molecular weight excluding hydrogens is 354 g/mol. The van der Waals surface area contributed by atoms with E-state index >= 15 is 0 Å². The van der Waals surface area contributed by atoms with Crippen molar-refractivity contribution >= 4 is 5.91 Å². The minimum absolute atomic E-state index is 0.0965. The molecule has 1 aromatic carbocycles. The molecule has 2 atom stereocenters. The summed E-state index contributed by atoms with van der Waals surface area (Å²) in [6.45, 7) is 4.95. The summed E-state index contributed by atoms with van der Waals surface area (Å²) in [6.07, 6.45) is 4.83. The Kier molecular flexibility index (Phi) is 7.17. The van der Waals surface area contributed by atoms with Gasteiger partial charge in [0.1, 0.15) is 0 Å². The second kappa shape index (κ2) is 9.80. The van der Waals surface area contributed by atoms with Crippen LogP contribution in [0.1, 0.15) is 55.5 Å². The molecule has 1 aliphatic heterocycles. The van der Waals surface area contributed by atoms with E-state index < -0.39 is 0 Å². The summed E-state index contributed by atoms with van der Waals surface area (Å²) < 4.78 is 5.72. The van der Waals surface area contributed by atoms with Gasteiger partial charge < -0.3 is 9.32 Å². The molecule has 2 unspecified atom stereocenters. The predicted molar refractivity (Wildman–Crippen MR) is 108 cm³/mol. The lowest BCUT2D eigenvalue weighted by Gasteiger charge is -2.20. The van der Waals surface area contributed by atoms with Crippen LogP contribution in [0.4, 0.5) is 0 Å². The van der Waals surface area contributed by atoms with E-state index in [1.165, 1.54) is 5.56 Å². The second-order valence-electron chi connectivity index (χ2n) is 7.74. The molecule has 2 heterocycles. The van der Waals surface area contributed by atoms with Gasteiger partial charge in [-0.15, -0.1) is 10.2 Å². The van der Waals surface area contributed by atoms with Crippen molar-refractivity contribution in [2.24, 2.45) is 0 Å². The van der Waals surface area contributed by atoms with Crippen LogP contribution in [-0.4, -0.2) is 46.7 Å². The molecule has 1 amide bonds. The third-order valence-electron chi connectivity index (χ3n) is 5.12. The average Bonchev–Trinajstić information content (AvgIpc) is 3.29. The van der Waals surface area contributed by atoms with Gasteiger partial charge in [0.2, 0.25) is 17.7 Å². The zero-order valence-corrected chi connectivity index (χ0v) is 17.1. The van der Waals surface area contributed by atoms with Crippen LogP contribution in [0.2, 0.25) is 0 Å². The molecule has 1 fully saturated rings. The van der Waals surface area contributed by atoms with E-state index in [9.17, 15) is 4.79 Å². The Labute approximate surface area is 166 Å². The maximum Gasteiger partial charge on any atom is 0.222 e. The van der Waals surface area contributed by atoms with Gasteiger partial charge in [0.15, 0.2) is 0 Å². The van der Waals surface area contributed by atoms with Gasteiger partial charge in [-0.3, -0.25) is 15.6 Å². The smallest absolute Gasteiger partial charge is 0.222 e. The molecule has 0 radical (unpaired) electrons. The van der Waals surface area contributed by atoms with Crippen LogP contribution in [0, 0.1) is 6.92 Å². The number of hydrogen-bond acceptors (Lipinski definition) is 6. The Morgan fingerprint density at radius 1 is 1.25 bits per heavy atom. The Bertz CT molecular complexity index is 776. The van der Waals surface area contributed by atoms with Crippen LogP contribution >= 0.6 is 0 Å². The Morgan fingerprint density at radius 3 is 2.82 bits per heavy atom. The van der Waals surface area contributed by atoms with Crippen molar-refractivity contribution in [2.75, 3.05) is 13.6 Å². The first kappa shape index (κ1) is 20.5. The molecule has 0 aliphatic carbocycles. The van der Waals surface area contributed by atoms with Gasteiger partial charge in [0, 0.05) is 38.5 Å². The van der Waals surface area contributed by atoms with Gasteiger partial charge in [-0.25, -0.2) is 0 Å². The van der Waals surface area contributed by atoms with Crippen LogP contribution in [0.15, 0.2) is 28.7 Å². The fraction of sp³-hybridized carbons (Fsp3) is 0.571. The van der Waals surface area contributed by atoms with Gasteiger partial charge >= 0.3 is 0 Å². The maximum atomic E-state index is 12.4. The largest absolute Gasteiger partial charge is 0.425 e. The van der Waals surface area contributed by atoms with E-state index in [0.717, 1.165) is 24.8 Å². The molecule has 1 aromatic heterocycles. The summed E-state index contributed by atoms with van der Waals surface area (Å²) in [5.41, 5.74) is 8.96. The van der Waals surface area contributed by atoms with Crippen molar-refractivity contribution in [1.82, 2.24) is 25.9 Å². The van der Waals surface area contributed by atoms with Gasteiger partial charge in [-0.2, -0.15) is 0 Å². The monoisotopic (exact) mass is 385 g/mol. The molecule has 0 spiro atoms. The summed E-state index contributed by atoms with van der Waals surface area (Å²) in [5.74, 6) is 1.21. The van der Waals surface area contributed by atoms with Crippen LogP contribution in [0.5, 0.6) is 0 Å². The molecule has 0 bridgehead atoms. The molecule has 3 rings (SSSR count). The number of benzene rings is 1. The number of carbonyl (C=O) groups excluding carboxylic acids is 1. The Morgan fingerprint density at radius 2 is 2.04 bits per heavy atom. The Hall–Kier alpha value is -2.25. The highest BCUT2D eigenvalue weighted by Crippen LogP contribution is 2.13. The van der Waals surface area contributed by atoms with E-state index in [4.69, 9.17) is 4.42 Å². The van der Waals surface area contributed by atoms with Crippen molar-refractivity contribution in [3.8, 4) is 0 Å². The zero-order chi connectivity index (χ0) is 19.9. The number of hydrazine groups is 1. The van der Waals surface area contributed by atoms with E-state index in [-0.39, 0.29) is 5.91 Å². The van der Waals surface area contributed by atoms with Crippen molar-refractivity contribution < 1.29 is 9.21 Å². The van der Waals surface area contributed by atoms with E-state index in [1.807, 2.05) is 19.2 Å². The SMILES string of the molecule is CCCC1CC(CN(C)C(=O)CCc2nnc(Cc3cccc(C)c3)o2)NN1. The van der Waals surface area contributed by atoms with Gasteiger partial charge in [0.25, 0.3) is 0 Å². The van der Waals surface area contributed by atoms with Crippen molar-refractivity contribution in [1.29, 1.82) is 0 Å².